The van der Waals surface area contributed by atoms with Crippen LogP contribution in [-0.2, 0) is 17.6 Å². The number of amides is 1. The second kappa shape index (κ2) is 6.50. The van der Waals surface area contributed by atoms with E-state index in [1.807, 2.05) is 52.5 Å². The lowest BCUT2D eigenvalue weighted by molar-refractivity contribution is -0.115. The molecule has 1 amide bonds. The predicted molar refractivity (Wildman–Crippen MR) is 94.6 cm³/mol. The highest BCUT2D eigenvalue weighted by Gasteiger charge is 2.11. The van der Waals surface area contributed by atoms with Crippen molar-refractivity contribution in [3.8, 4) is 0 Å². The first-order valence-electron chi connectivity index (χ1n) is 7.33. The van der Waals surface area contributed by atoms with Crippen molar-refractivity contribution < 1.29 is 4.79 Å². The summed E-state index contributed by atoms with van der Waals surface area (Å²) in [5.74, 6) is -0.136. The summed E-state index contributed by atoms with van der Waals surface area (Å²) in [4.78, 5) is 17.4. The first-order valence-corrected chi connectivity index (χ1v) is 9.03. The van der Waals surface area contributed by atoms with E-state index in [0.717, 1.165) is 15.7 Å². The summed E-state index contributed by atoms with van der Waals surface area (Å²) < 4.78 is 1.91. The average Bonchev–Trinajstić information content (AvgIpc) is 3.25. The number of rotatable bonds is 5. The summed E-state index contributed by atoms with van der Waals surface area (Å²) in [5, 5.41) is 14.3. The Morgan fingerprint density at radius 3 is 2.92 bits per heavy atom. The molecule has 3 heterocycles. The molecule has 4 aromatic rings. The first-order chi connectivity index (χ1) is 11.8. The van der Waals surface area contributed by atoms with Gasteiger partial charge in [-0.05, 0) is 5.56 Å². The summed E-state index contributed by atoms with van der Waals surface area (Å²) in [6, 6.07) is 10.1. The molecule has 0 bridgehead atoms. The van der Waals surface area contributed by atoms with Crippen molar-refractivity contribution in [3.05, 3.63) is 64.4 Å². The van der Waals surface area contributed by atoms with Crippen LogP contribution in [0.1, 0.15) is 16.3 Å². The Bertz CT molecular complexity index is 944. The molecule has 6 nitrogen and oxygen atoms in total. The van der Waals surface area contributed by atoms with Gasteiger partial charge in [-0.25, -0.2) is 4.98 Å². The number of thiazole rings is 1. The number of hydrogen-bond acceptors (Lipinski definition) is 6. The third-order valence-electron chi connectivity index (χ3n) is 3.40. The number of carbonyl (C=O) groups is 1. The fraction of sp³-hybridized carbons (Fsp3) is 0.125. The summed E-state index contributed by atoms with van der Waals surface area (Å²) in [6.45, 7) is 0. The Balaban J connectivity index is 1.38. The van der Waals surface area contributed by atoms with Crippen molar-refractivity contribution in [1.29, 1.82) is 0 Å². The van der Waals surface area contributed by atoms with Crippen molar-refractivity contribution in [2.45, 2.75) is 12.8 Å². The number of benzene rings is 1. The zero-order valence-corrected chi connectivity index (χ0v) is 14.2. The van der Waals surface area contributed by atoms with Gasteiger partial charge in [0.2, 0.25) is 11.0 Å². The average molecular weight is 355 g/mol. The molecule has 0 saturated carbocycles. The van der Waals surface area contributed by atoms with Crippen LogP contribution < -0.4 is 5.32 Å². The number of imidazole rings is 1. The summed E-state index contributed by atoms with van der Waals surface area (Å²) in [6.07, 6.45) is 4.73. The lowest BCUT2D eigenvalue weighted by Gasteiger charge is -1.98. The molecule has 8 heteroatoms. The van der Waals surface area contributed by atoms with E-state index in [1.165, 1.54) is 16.9 Å². The molecular formula is C16H13N5OS2. The van der Waals surface area contributed by atoms with Crippen LogP contribution in [0.25, 0.3) is 4.96 Å². The molecule has 1 aromatic carbocycles. The van der Waals surface area contributed by atoms with Gasteiger partial charge in [-0.3, -0.25) is 9.20 Å². The number of nitrogens with zero attached hydrogens (tertiary/aromatic N) is 4. The number of aromatic nitrogens is 4. The van der Waals surface area contributed by atoms with Crippen LogP contribution in [0.4, 0.5) is 5.13 Å². The van der Waals surface area contributed by atoms with E-state index >= 15 is 0 Å². The van der Waals surface area contributed by atoms with Gasteiger partial charge in [0.05, 0.1) is 12.1 Å². The van der Waals surface area contributed by atoms with Gasteiger partial charge in [0.15, 0.2) is 4.96 Å². The lowest BCUT2D eigenvalue weighted by atomic mass is 10.2. The van der Waals surface area contributed by atoms with E-state index in [1.54, 1.807) is 11.3 Å². The second-order valence-electron chi connectivity index (χ2n) is 5.21. The Morgan fingerprint density at radius 2 is 2.08 bits per heavy atom. The molecule has 0 atom stereocenters. The third kappa shape index (κ3) is 3.34. The van der Waals surface area contributed by atoms with Crippen molar-refractivity contribution in [1.82, 2.24) is 19.6 Å². The molecule has 120 valence electrons. The minimum atomic E-state index is -0.136. The molecule has 4 rings (SSSR count). The van der Waals surface area contributed by atoms with E-state index in [2.05, 4.69) is 20.5 Å². The molecule has 3 aromatic heterocycles. The smallest absolute Gasteiger partial charge is 0.232 e. The molecule has 24 heavy (non-hydrogen) atoms. The largest absolute Gasteiger partial charge is 0.300 e. The van der Waals surface area contributed by atoms with Gasteiger partial charge in [-0.15, -0.1) is 21.5 Å². The van der Waals surface area contributed by atoms with Gasteiger partial charge < -0.3 is 5.32 Å². The molecule has 0 saturated heterocycles. The normalized spacial score (nSPS) is 11.0. The quantitative estimate of drug-likeness (QED) is 0.597. The Kier molecular flexibility index (Phi) is 4.06. The molecule has 0 radical (unpaired) electrons. The zero-order valence-electron chi connectivity index (χ0n) is 12.5. The van der Waals surface area contributed by atoms with Crippen LogP contribution in [0.2, 0.25) is 0 Å². The summed E-state index contributed by atoms with van der Waals surface area (Å²) in [7, 11) is 0. The molecule has 1 N–H and O–H groups in total. The minimum absolute atomic E-state index is 0.136. The van der Waals surface area contributed by atoms with Crippen molar-refractivity contribution in [2.24, 2.45) is 0 Å². The second-order valence-corrected chi connectivity index (χ2v) is 7.15. The van der Waals surface area contributed by atoms with Gasteiger partial charge in [0.1, 0.15) is 5.01 Å². The maximum absolute atomic E-state index is 12.1. The standard InChI is InChI=1S/C16H13N5OS2/c22-13(9-12-10-21-6-7-23-16(21)17-12)18-15-20-19-14(24-15)8-11-4-2-1-3-5-11/h1-7,10H,8-9H2,(H,18,20,22). The van der Waals surface area contributed by atoms with Crippen LogP contribution in [0.5, 0.6) is 0 Å². The predicted octanol–water partition coefficient (Wildman–Crippen LogP) is 3.02. The zero-order chi connectivity index (χ0) is 16.4. The van der Waals surface area contributed by atoms with Crippen LogP contribution in [0, 0.1) is 0 Å². The van der Waals surface area contributed by atoms with Crippen molar-refractivity contribution in [3.63, 3.8) is 0 Å². The van der Waals surface area contributed by atoms with Gasteiger partial charge in [0, 0.05) is 24.2 Å². The lowest BCUT2D eigenvalue weighted by Crippen LogP contribution is -2.14. The van der Waals surface area contributed by atoms with Crippen molar-refractivity contribution >= 4 is 38.7 Å². The number of nitrogens with one attached hydrogen (secondary N) is 1. The summed E-state index contributed by atoms with van der Waals surface area (Å²) in [5.41, 5.74) is 1.91. The van der Waals surface area contributed by atoms with Gasteiger partial charge in [-0.2, -0.15) is 0 Å². The van der Waals surface area contributed by atoms with E-state index in [0.29, 0.717) is 11.6 Å². The van der Waals surface area contributed by atoms with E-state index in [4.69, 9.17) is 0 Å². The van der Waals surface area contributed by atoms with Crippen molar-refractivity contribution in [2.75, 3.05) is 5.32 Å². The van der Waals surface area contributed by atoms with Crippen LogP contribution >= 0.6 is 22.7 Å². The highest BCUT2D eigenvalue weighted by atomic mass is 32.1. The number of anilines is 1. The van der Waals surface area contributed by atoms with Gasteiger partial charge in [-0.1, -0.05) is 41.7 Å². The molecule has 0 aliphatic rings. The van der Waals surface area contributed by atoms with Gasteiger partial charge in [0.25, 0.3) is 0 Å². The monoisotopic (exact) mass is 355 g/mol. The Morgan fingerprint density at radius 1 is 1.21 bits per heavy atom. The third-order valence-corrected chi connectivity index (χ3v) is 5.01. The molecule has 0 unspecified atom stereocenters. The SMILES string of the molecule is O=C(Cc1cn2ccsc2n1)Nc1nnc(Cc2ccccc2)s1. The molecular weight excluding hydrogens is 342 g/mol. The van der Waals surface area contributed by atoms with Crippen LogP contribution in [0.15, 0.2) is 48.1 Å². The number of fused-ring (bicyclic) bond motifs is 1. The summed E-state index contributed by atoms with van der Waals surface area (Å²) >= 11 is 2.94. The van der Waals surface area contributed by atoms with E-state index in [-0.39, 0.29) is 12.3 Å². The topological polar surface area (TPSA) is 72.2 Å². The Hall–Kier alpha value is -2.58. The van der Waals surface area contributed by atoms with Crippen LogP contribution in [0.3, 0.4) is 0 Å². The molecule has 0 fully saturated rings. The maximum atomic E-state index is 12.1. The Labute approximate surface area is 145 Å². The van der Waals surface area contributed by atoms with E-state index < -0.39 is 0 Å². The van der Waals surface area contributed by atoms with Crippen LogP contribution in [-0.4, -0.2) is 25.5 Å². The maximum Gasteiger partial charge on any atom is 0.232 e. The molecule has 0 aliphatic heterocycles. The molecule has 0 aliphatic carbocycles. The highest BCUT2D eigenvalue weighted by molar-refractivity contribution is 7.15. The number of carbonyl (C=O) groups excluding carboxylic acids is 1. The minimum Gasteiger partial charge on any atom is -0.300 e. The molecule has 0 spiro atoms. The first kappa shape index (κ1) is 15.0. The van der Waals surface area contributed by atoms with Gasteiger partial charge >= 0.3 is 0 Å². The fourth-order valence-corrected chi connectivity index (χ4v) is 3.84. The fourth-order valence-electron chi connectivity index (χ4n) is 2.34. The highest BCUT2D eigenvalue weighted by Crippen LogP contribution is 2.19. The number of hydrogen-bond donors (Lipinski definition) is 1. The van der Waals surface area contributed by atoms with E-state index in [9.17, 15) is 4.79 Å².